The van der Waals surface area contributed by atoms with Crippen LogP contribution >= 0.6 is 11.6 Å². The molecule has 2 aliphatic rings. The van der Waals surface area contributed by atoms with Gasteiger partial charge in [-0.1, -0.05) is 37.6 Å². The molecule has 1 saturated carbocycles. The van der Waals surface area contributed by atoms with Gasteiger partial charge in [0.25, 0.3) is 0 Å². The Morgan fingerprint density at radius 2 is 1.89 bits per heavy atom. The van der Waals surface area contributed by atoms with Gasteiger partial charge in [-0.3, -0.25) is 4.79 Å². The number of ether oxygens (including phenoxy) is 2. The lowest BCUT2D eigenvalue weighted by molar-refractivity contribution is -0.129. The van der Waals surface area contributed by atoms with Crippen LogP contribution in [0.2, 0.25) is 5.02 Å². The third-order valence-corrected chi connectivity index (χ3v) is 7.83. The maximum Gasteiger partial charge on any atom is 0.301 e. The minimum absolute atomic E-state index is 0.239. The zero-order chi connectivity index (χ0) is 25.3. The van der Waals surface area contributed by atoms with Crippen LogP contribution in [0.1, 0.15) is 39.5 Å². The van der Waals surface area contributed by atoms with Gasteiger partial charge in [-0.2, -0.15) is 4.98 Å². The Balaban J connectivity index is 1.27. The molecule has 36 heavy (non-hydrogen) atoms. The summed E-state index contributed by atoms with van der Waals surface area (Å²) in [5.41, 5.74) is 10.3. The molecule has 0 spiro atoms. The Bertz CT molecular complexity index is 1270. The van der Waals surface area contributed by atoms with Crippen molar-refractivity contribution >= 4 is 34.4 Å². The Hall–Kier alpha value is -3.10. The van der Waals surface area contributed by atoms with E-state index in [0.717, 1.165) is 63.2 Å². The number of primary amides is 1. The number of nitrogens with zero attached hydrogens (tertiary/aromatic N) is 3. The number of aromatic amines is 1. The van der Waals surface area contributed by atoms with E-state index < -0.39 is 5.41 Å². The van der Waals surface area contributed by atoms with Crippen molar-refractivity contribution in [1.82, 2.24) is 15.0 Å². The summed E-state index contributed by atoms with van der Waals surface area (Å²) in [6, 6.07) is 10.5. The van der Waals surface area contributed by atoms with Crippen LogP contribution in [0.4, 0.5) is 5.69 Å². The van der Waals surface area contributed by atoms with E-state index in [1.807, 2.05) is 32.0 Å². The number of H-pyrrole nitrogens is 1. The van der Waals surface area contributed by atoms with E-state index in [-0.39, 0.29) is 11.8 Å². The average Bonchev–Trinajstić information content (AvgIpc) is 3.29. The summed E-state index contributed by atoms with van der Waals surface area (Å²) >= 11 is 6.58. The number of morpholine rings is 1. The van der Waals surface area contributed by atoms with Gasteiger partial charge in [0.2, 0.25) is 5.91 Å². The monoisotopic (exact) mass is 509 g/mol. The zero-order valence-electron chi connectivity index (χ0n) is 20.7. The molecule has 2 fully saturated rings. The van der Waals surface area contributed by atoms with E-state index >= 15 is 0 Å². The number of aromatic nitrogens is 3. The highest BCUT2D eigenvalue weighted by atomic mass is 35.5. The largest absolute Gasteiger partial charge is 0.434 e. The van der Waals surface area contributed by atoms with Crippen molar-refractivity contribution < 1.29 is 14.3 Å². The maximum absolute atomic E-state index is 11.8. The number of benzene rings is 1. The highest BCUT2D eigenvalue weighted by molar-refractivity contribution is 6.33. The fraction of sp³-hybridized carbons (Fsp3) is 0.444. The first-order valence-electron chi connectivity index (χ1n) is 12.4. The molecule has 8 nitrogen and oxygen atoms in total. The van der Waals surface area contributed by atoms with Crippen LogP contribution < -0.4 is 15.4 Å². The van der Waals surface area contributed by atoms with Crippen molar-refractivity contribution in [3.63, 3.8) is 0 Å². The molecule has 0 radical (unpaired) electrons. The second-order valence-corrected chi connectivity index (χ2v) is 10.5. The summed E-state index contributed by atoms with van der Waals surface area (Å²) in [4.78, 5) is 26.4. The summed E-state index contributed by atoms with van der Waals surface area (Å²) in [5, 5.41) is 0.547. The Morgan fingerprint density at radius 1 is 1.19 bits per heavy atom. The Morgan fingerprint density at radius 3 is 2.56 bits per heavy atom. The number of nitrogens with two attached hydrogens (primary N) is 1. The average molecular weight is 510 g/mol. The molecule has 1 aliphatic heterocycles. The lowest BCUT2D eigenvalue weighted by Crippen LogP contribution is -2.39. The molecule has 2 aromatic heterocycles. The second kappa shape index (κ2) is 10.1. The third kappa shape index (κ3) is 5.06. The first-order chi connectivity index (χ1) is 17.3. The lowest BCUT2D eigenvalue weighted by atomic mass is 9.70. The Kier molecular flexibility index (Phi) is 6.90. The number of carbonyl (C=O) groups excluding carboxylic acids is 1. The van der Waals surface area contributed by atoms with Crippen LogP contribution in [0.3, 0.4) is 0 Å². The number of hydrogen-bond donors (Lipinski definition) is 2. The van der Waals surface area contributed by atoms with Crippen molar-refractivity contribution in [3.8, 4) is 17.3 Å². The molecule has 0 bridgehead atoms. The lowest BCUT2D eigenvalue weighted by Gasteiger charge is -2.35. The number of pyridine rings is 1. The predicted octanol–water partition coefficient (Wildman–Crippen LogP) is 5.08. The molecule has 1 amide bonds. The fourth-order valence-electron chi connectivity index (χ4n) is 4.97. The molecule has 5 rings (SSSR count). The predicted molar refractivity (Wildman–Crippen MR) is 141 cm³/mol. The van der Waals surface area contributed by atoms with E-state index in [1.165, 1.54) is 5.57 Å². The van der Waals surface area contributed by atoms with Crippen LogP contribution in [0.15, 0.2) is 42.2 Å². The molecule has 9 heteroatoms. The quantitative estimate of drug-likeness (QED) is 0.449. The standard InChI is InChI=1S/C27H32ClN5O3/c1-27(2,25(29)34)19-7-3-17(4-8-19)16-36-26-30-22-15-21(28)23(31-24(22)32-26)18-5-9-20(10-6-18)33-11-13-35-14-12-33/h5-6,9-10,15-16,19H,3-4,7-8,11-14H2,1-2H3,(H2,29,34)(H,30,31,32). The smallest absolute Gasteiger partial charge is 0.301 e. The summed E-state index contributed by atoms with van der Waals surface area (Å²) in [6.07, 6.45) is 5.33. The van der Waals surface area contributed by atoms with Gasteiger partial charge in [-0.05, 0) is 55.4 Å². The minimum atomic E-state index is -0.489. The van der Waals surface area contributed by atoms with Gasteiger partial charge in [-0.25, -0.2) is 4.98 Å². The van der Waals surface area contributed by atoms with Crippen LogP contribution in [-0.4, -0.2) is 47.2 Å². The van der Waals surface area contributed by atoms with Gasteiger partial charge in [0.15, 0.2) is 5.65 Å². The SMILES string of the molecule is CC(C)(C(N)=O)C1CCC(=COc2nc3nc(-c4ccc(N5CCOCC5)cc4)c(Cl)cc3[nH]2)CC1. The number of imidazole rings is 1. The first-order valence-corrected chi connectivity index (χ1v) is 12.8. The van der Waals surface area contributed by atoms with Crippen molar-refractivity contribution in [2.75, 3.05) is 31.2 Å². The number of rotatable bonds is 6. The fourth-order valence-corrected chi connectivity index (χ4v) is 5.23. The minimum Gasteiger partial charge on any atom is -0.434 e. The van der Waals surface area contributed by atoms with E-state index in [4.69, 9.17) is 31.8 Å². The Labute approximate surface area is 215 Å². The molecule has 3 N–H and O–H groups in total. The van der Waals surface area contributed by atoms with Crippen molar-refractivity contribution in [2.45, 2.75) is 39.5 Å². The van der Waals surface area contributed by atoms with Gasteiger partial charge in [0, 0.05) is 29.8 Å². The number of fused-ring (bicyclic) bond motifs is 1. The summed E-state index contributed by atoms with van der Waals surface area (Å²) in [5.74, 6) is 0.0445. The number of amides is 1. The van der Waals surface area contributed by atoms with E-state index in [2.05, 4.69) is 27.0 Å². The number of allylic oxidation sites excluding steroid dienone is 1. The van der Waals surface area contributed by atoms with Crippen molar-refractivity contribution in [3.05, 3.63) is 47.2 Å². The van der Waals surface area contributed by atoms with Crippen LogP contribution in [0, 0.1) is 11.3 Å². The van der Waals surface area contributed by atoms with Gasteiger partial charge < -0.3 is 25.1 Å². The van der Waals surface area contributed by atoms with Crippen LogP contribution in [-0.2, 0) is 9.53 Å². The summed E-state index contributed by atoms with van der Waals surface area (Å²) < 4.78 is 11.3. The summed E-state index contributed by atoms with van der Waals surface area (Å²) in [6.45, 7) is 7.15. The molecular formula is C27H32ClN5O3. The second-order valence-electron chi connectivity index (χ2n) is 10.1. The molecule has 3 aromatic rings. The van der Waals surface area contributed by atoms with E-state index in [9.17, 15) is 4.79 Å². The van der Waals surface area contributed by atoms with Crippen molar-refractivity contribution in [2.24, 2.45) is 17.1 Å². The third-order valence-electron chi connectivity index (χ3n) is 7.54. The molecule has 3 heterocycles. The maximum atomic E-state index is 11.8. The van der Waals surface area contributed by atoms with E-state index in [0.29, 0.717) is 27.9 Å². The molecule has 190 valence electrons. The van der Waals surface area contributed by atoms with Gasteiger partial charge in [0.1, 0.15) is 0 Å². The highest BCUT2D eigenvalue weighted by Gasteiger charge is 2.36. The number of nitrogens with one attached hydrogen (secondary N) is 1. The van der Waals surface area contributed by atoms with Crippen LogP contribution in [0.5, 0.6) is 6.01 Å². The molecule has 1 saturated heterocycles. The summed E-state index contributed by atoms with van der Waals surface area (Å²) in [7, 11) is 0. The van der Waals surface area contributed by atoms with Crippen LogP contribution in [0.25, 0.3) is 22.4 Å². The molecule has 1 aromatic carbocycles. The van der Waals surface area contributed by atoms with Crippen molar-refractivity contribution in [1.29, 1.82) is 0 Å². The molecule has 0 unspecified atom stereocenters. The van der Waals surface area contributed by atoms with Gasteiger partial charge in [0.05, 0.1) is 35.7 Å². The topological polar surface area (TPSA) is 106 Å². The number of halogens is 1. The highest BCUT2D eigenvalue weighted by Crippen LogP contribution is 2.40. The zero-order valence-corrected chi connectivity index (χ0v) is 21.5. The molecule has 0 atom stereocenters. The molecule has 1 aliphatic carbocycles. The van der Waals surface area contributed by atoms with E-state index in [1.54, 1.807) is 6.26 Å². The number of hydrogen-bond acceptors (Lipinski definition) is 6. The number of anilines is 1. The molecular weight excluding hydrogens is 478 g/mol. The van der Waals surface area contributed by atoms with Gasteiger partial charge in [-0.15, -0.1) is 0 Å². The number of carbonyl (C=O) groups is 1. The van der Waals surface area contributed by atoms with Gasteiger partial charge >= 0.3 is 6.01 Å². The normalized spacial score (nSPS) is 18.9. The first kappa shape index (κ1) is 24.6.